The van der Waals surface area contributed by atoms with Crippen LogP contribution in [0.2, 0.25) is 0 Å². The van der Waals surface area contributed by atoms with Crippen molar-refractivity contribution in [3.63, 3.8) is 0 Å². The highest BCUT2D eigenvalue weighted by molar-refractivity contribution is 5.22. The van der Waals surface area contributed by atoms with Crippen LogP contribution in [-0.2, 0) is 11.3 Å². The van der Waals surface area contributed by atoms with Gasteiger partial charge in [-0.15, -0.1) is 0 Å². The Morgan fingerprint density at radius 3 is 2.92 bits per heavy atom. The molecule has 0 aliphatic carbocycles. The summed E-state index contributed by atoms with van der Waals surface area (Å²) in [6, 6.07) is 8.47. The van der Waals surface area contributed by atoms with E-state index in [1.807, 2.05) is 0 Å². The molecule has 0 radical (unpaired) electrons. The number of hydrogen-bond donors (Lipinski definition) is 1. The van der Waals surface area contributed by atoms with Gasteiger partial charge in [0.15, 0.2) is 0 Å². The fraction of sp³-hybridized carbons (Fsp3) is 0.400. The van der Waals surface area contributed by atoms with E-state index >= 15 is 0 Å². The summed E-state index contributed by atoms with van der Waals surface area (Å²) in [5.74, 6) is 0. The molecular formula is C10H15NO. The van der Waals surface area contributed by atoms with Gasteiger partial charge in [-0.2, -0.15) is 0 Å². The van der Waals surface area contributed by atoms with E-state index in [2.05, 4.69) is 36.7 Å². The molecule has 0 spiro atoms. The second-order valence-corrected chi connectivity index (χ2v) is 2.79. The van der Waals surface area contributed by atoms with Crippen LogP contribution in [0.1, 0.15) is 11.1 Å². The Balaban J connectivity index is 2.41. The van der Waals surface area contributed by atoms with Crippen LogP contribution in [0.25, 0.3) is 0 Å². The normalized spacial score (nSPS) is 10.2. The van der Waals surface area contributed by atoms with E-state index in [-0.39, 0.29) is 0 Å². The molecular weight excluding hydrogens is 150 g/mol. The molecule has 0 saturated carbocycles. The van der Waals surface area contributed by atoms with Crippen molar-refractivity contribution in [2.24, 2.45) is 0 Å². The number of benzene rings is 1. The number of hydrogen-bond acceptors (Lipinski definition) is 2. The van der Waals surface area contributed by atoms with Gasteiger partial charge in [0.05, 0.1) is 6.61 Å². The van der Waals surface area contributed by atoms with Gasteiger partial charge in [-0.3, -0.25) is 0 Å². The Morgan fingerprint density at radius 1 is 1.42 bits per heavy atom. The first-order valence-electron chi connectivity index (χ1n) is 4.17. The zero-order valence-electron chi connectivity index (χ0n) is 7.63. The number of rotatable bonds is 4. The summed E-state index contributed by atoms with van der Waals surface area (Å²) in [6.07, 6.45) is 0.961. The molecule has 0 amide bonds. The minimum absolute atomic E-state index is 0.722. The lowest BCUT2D eigenvalue weighted by Gasteiger charge is -2.02. The molecule has 0 heterocycles. The van der Waals surface area contributed by atoms with Crippen molar-refractivity contribution in [2.45, 2.75) is 13.3 Å². The molecule has 0 aliphatic rings. The summed E-state index contributed by atoms with van der Waals surface area (Å²) in [6.45, 7) is 2.82. The number of aryl methyl sites for hydroxylation is 1. The zero-order valence-corrected chi connectivity index (χ0v) is 7.63. The summed E-state index contributed by atoms with van der Waals surface area (Å²) < 4.78 is 0. The molecule has 0 aliphatic heterocycles. The van der Waals surface area contributed by atoms with Gasteiger partial charge in [0.1, 0.15) is 0 Å². The minimum Gasteiger partial charge on any atom is -0.302 e. The molecule has 0 aromatic heterocycles. The Hall–Kier alpha value is -0.860. The standard InChI is InChI=1S/C10H15NO/c1-9-4-3-5-10(8-9)6-7-12-11-2/h3-5,8,11H,6-7H2,1-2H3. The molecule has 12 heavy (non-hydrogen) atoms. The topological polar surface area (TPSA) is 21.3 Å². The molecule has 0 atom stereocenters. The third-order valence-electron chi connectivity index (χ3n) is 1.72. The summed E-state index contributed by atoms with van der Waals surface area (Å²) in [5, 5.41) is 0. The van der Waals surface area contributed by atoms with E-state index in [4.69, 9.17) is 4.84 Å². The van der Waals surface area contributed by atoms with Gasteiger partial charge in [0, 0.05) is 7.05 Å². The van der Waals surface area contributed by atoms with Crippen LogP contribution in [0.5, 0.6) is 0 Å². The molecule has 1 aromatic rings. The quantitative estimate of drug-likeness (QED) is 0.541. The molecule has 0 saturated heterocycles. The summed E-state index contributed by atoms with van der Waals surface area (Å²) in [4.78, 5) is 5.03. The SMILES string of the molecule is CNOCCc1cccc(C)c1. The van der Waals surface area contributed by atoms with Crippen molar-refractivity contribution in [1.82, 2.24) is 5.48 Å². The van der Waals surface area contributed by atoms with E-state index in [0.717, 1.165) is 13.0 Å². The predicted octanol–water partition coefficient (Wildman–Crippen LogP) is 1.69. The average molecular weight is 165 g/mol. The first-order chi connectivity index (χ1) is 5.83. The monoisotopic (exact) mass is 165 g/mol. The van der Waals surface area contributed by atoms with Gasteiger partial charge < -0.3 is 4.84 Å². The molecule has 1 rings (SSSR count). The lowest BCUT2D eigenvalue weighted by atomic mass is 10.1. The Bertz CT molecular complexity index is 235. The molecule has 2 heteroatoms. The van der Waals surface area contributed by atoms with E-state index in [1.165, 1.54) is 11.1 Å². The first kappa shape index (κ1) is 9.23. The first-order valence-corrected chi connectivity index (χ1v) is 4.17. The van der Waals surface area contributed by atoms with Crippen LogP contribution in [-0.4, -0.2) is 13.7 Å². The van der Waals surface area contributed by atoms with Crippen LogP contribution in [0.4, 0.5) is 0 Å². The predicted molar refractivity (Wildman–Crippen MR) is 49.9 cm³/mol. The molecule has 1 N–H and O–H groups in total. The third-order valence-corrected chi connectivity index (χ3v) is 1.72. The van der Waals surface area contributed by atoms with Crippen LogP contribution >= 0.6 is 0 Å². The molecule has 1 aromatic carbocycles. The highest BCUT2D eigenvalue weighted by Crippen LogP contribution is 2.04. The zero-order chi connectivity index (χ0) is 8.81. The van der Waals surface area contributed by atoms with E-state index in [0.29, 0.717) is 0 Å². The number of hydroxylamine groups is 1. The minimum atomic E-state index is 0.722. The molecule has 2 nitrogen and oxygen atoms in total. The van der Waals surface area contributed by atoms with Crippen LogP contribution in [0, 0.1) is 6.92 Å². The molecule has 0 fully saturated rings. The van der Waals surface area contributed by atoms with Crippen molar-refractivity contribution in [3.05, 3.63) is 35.4 Å². The van der Waals surface area contributed by atoms with Crippen LogP contribution in [0.15, 0.2) is 24.3 Å². The van der Waals surface area contributed by atoms with Gasteiger partial charge in [0.25, 0.3) is 0 Å². The summed E-state index contributed by atoms with van der Waals surface area (Å²) in [7, 11) is 1.77. The second-order valence-electron chi connectivity index (χ2n) is 2.79. The third kappa shape index (κ3) is 3.03. The van der Waals surface area contributed by atoms with E-state index in [1.54, 1.807) is 7.05 Å². The lowest BCUT2D eigenvalue weighted by Crippen LogP contribution is -2.09. The van der Waals surface area contributed by atoms with Gasteiger partial charge >= 0.3 is 0 Å². The van der Waals surface area contributed by atoms with E-state index < -0.39 is 0 Å². The van der Waals surface area contributed by atoms with Gasteiger partial charge in [-0.1, -0.05) is 29.8 Å². The van der Waals surface area contributed by atoms with Crippen molar-refractivity contribution in [1.29, 1.82) is 0 Å². The van der Waals surface area contributed by atoms with E-state index in [9.17, 15) is 0 Å². The average Bonchev–Trinajstić information content (AvgIpc) is 2.05. The molecule has 0 bridgehead atoms. The molecule has 0 unspecified atom stereocenters. The van der Waals surface area contributed by atoms with Crippen molar-refractivity contribution < 1.29 is 4.84 Å². The maximum Gasteiger partial charge on any atom is 0.0722 e. The fourth-order valence-electron chi connectivity index (χ4n) is 1.14. The van der Waals surface area contributed by atoms with Gasteiger partial charge in [0.2, 0.25) is 0 Å². The second kappa shape index (κ2) is 4.91. The smallest absolute Gasteiger partial charge is 0.0722 e. The van der Waals surface area contributed by atoms with Crippen molar-refractivity contribution in [3.8, 4) is 0 Å². The maximum atomic E-state index is 5.03. The molecule has 66 valence electrons. The Morgan fingerprint density at radius 2 is 2.25 bits per heavy atom. The van der Waals surface area contributed by atoms with Crippen molar-refractivity contribution >= 4 is 0 Å². The largest absolute Gasteiger partial charge is 0.302 e. The van der Waals surface area contributed by atoms with Gasteiger partial charge in [-0.05, 0) is 18.9 Å². The van der Waals surface area contributed by atoms with Crippen molar-refractivity contribution in [2.75, 3.05) is 13.7 Å². The summed E-state index contributed by atoms with van der Waals surface area (Å²) >= 11 is 0. The van der Waals surface area contributed by atoms with Crippen LogP contribution < -0.4 is 5.48 Å². The van der Waals surface area contributed by atoms with Crippen LogP contribution in [0.3, 0.4) is 0 Å². The maximum absolute atomic E-state index is 5.03. The lowest BCUT2D eigenvalue weighted by molar-refractivity contribution is 0.0604. The Labute approximate surface area is 73.5 Å². The Kier molecular flexibility index (Phi) is 3.77. The summed E-state index contributed by atoms with van der Waals surface area (Å²) in [5.41, 5.74) is 5.28. The highest BCUT2D eigenvalue weighted by Gasteiger charge is 1.92. The number of nitrogens with one attached hydrogen (secondary N) is 1. The highest BCUT2D eigenvalue weighted by atomic mass is 16.6. The fourth-order valence-corrected chi connectivity index (χ4v) is 1.14. The van der Waals surface area contributed by atoms with Gasteiger partial charge in [-0.25, -0.2) is 5.48 Å².